The van der Waals surface area contributed by atoms with Gasteiger partial charge < -0.3 is 44.5 Å². The summed E-state index contributed by atoms with van der Waals surface area (Å²) in [6.07, 6.45) is 21.7. The molecule has 4 aromatic heterocycles. The first kappa shape index (κ1) is 66.7. The maximum Gasteiger partial charge on any atom is 0.171 e. The molecule has 17 heteroatoms. The number of rotatable bonds is 9. The average molecular weight is 1100 g/mol. The molecule has 0 aliphatic heterocycles. The molecule has 396 valence electrons. The zero-order chi connectivity index (χ0) is 54.1. The molecule has 9 rings (SSSR count). The van der Waals surface area contributed by atoms with E-state index in [1.807, 2.05) is 167 Å². The highest BCUT2D eigenvalue weighted by molar-refractivity contribution is 9.09. The highest BCUT2D eigenvalue weighted by Crippen LogP contribution is 2.29. The lowest BCUT2D eigenvalue weighted by molar-refractivity contribution is 0.355. The highest BCUT2D eigenvalue weighted by Gasteiger charge is 2.05. The Balaban J connectivity index is 0.000000868. The number of anilines is 1. The second-order valence-electron chi connectivity index (χ2n) is 14.2. The Morgan fingerprint density at radius 1 is 0.613 bits per heavy atom. The lowest BCUT2D eigenvalue weighted by atomic mass is 10.2. The van der Waals surface area contributed by atoms with Crippen LogP contribution in [0.2, 0.25) is 0 Å². The number of aryl methyl sites for hydroxylation is 3. The second kappa shape index (κ2) is 46.7. The number of hydrogen-bond acceptors (Lipinski definition) is 10. The number of ether oxygens (including phenoxy) is 2. The summed E-state index contributed by atoms with van der Waals surface area (Å²) in [4.78, 5) is 18.0. The Bertz CT molecular complexity index is 2540. The number of halogens is 1. The number of alkyl halides is 1. The van der Waals surface area contributed by atoms with Gasteiger partial charge in [0.25, 0.3) is 0 Å². The topological polar surface area (TPSA) is 198 Å². The van der Waals surface area contributed by atoms with Crippen LogP contribution in [0, 0.1) is 22.7 Å². The molecular formula is C58H74BrN13O2S. The lowest BCUT2D eigenvalue weighted by Crippen LogP contribution is -2.27. The van der Waals surface area contributed by atoms with E-state index in [0.29, 0.717) is 40.8 Å². The Kier molecular flexibility index (Phi) is 41.5. The number of thiocarbonyl (C=S) groups is 1. The first-order valence-corrected chi connectivity index (χ1v) is 25.1. The molecule has 0 amide bonds. The Morgan fingerprint density at radius 2 is 1.03 bits per heavy atom. The summed E-state index contributed by atoms with van der Waals surface area (Å²) in [7, 11) is 3.21. The third-order valence-electron chi connectivity index (χ3n) is 9.00. The summed E-state index contributed by atoms with van der Waals surface area (Å²) in [5.74, 6) is 1.35. The minimum atomic E-state index is 0. The van der Waals surface area contributed by atoms with Crippen LogP contribution in [-0.4, -0.2) is 63.3 Å². The quantitative estimate of drug-likeness (QED) is 0.0789. The minimum Gasteiger partial charge on any atom is -0.493 e. The van der Waals surface area contributed by atoms with Crippen LogP contribution in [-0.2, 0) is 32.7 Å². The zero-order valence-electron chi connectivity index (χ0n) is 43.2. The molecule has 0 bridgehead atoms. The van der Waals surface area contributed by atoms with Gasteiger partial charge in [-0.15, -0.1) is 0 Å². The van der Waals surface area contributed by atoms with E-state index >= 15 is 0 Å². The van der Waals surface area contributed by atoms with E-state index in [9.17, 15) is 0 Å². The SMILES string of the molecule is C.CCBr.CCn1ccnc1.CCn1ccnc1.CCn1ccnc1.COc1ccc(NC(=S)NCc2ccccc2)cc1OC.N#Cc1ccccc1.N#Cc1ccccc1.NCc1ccccc1.c1c[nH]cn1. The van der Waals surface area contributed by atoms with Crippen LogP contribution in [0.4, 0.5) is 5.69 Å². The normalized spacial score (nSPS) is 8.77. The minimum absolute atomic E-state index is 0. The van der Waals surface area contributed by atoms with E-state index in [1.165, 1.54) is 11.1 Å². The van der Waals surface area contributed by atoms with Crippen molar-refractivity contribution in [2.75, 3.05) is 24.9 Å². The Morgan fingerprint density at radius 3 is 1.29 bits per heavy atom. The van der Waals surface area contributed by atoms with Gasteiger partial charge in [-0.25, -0.2) is 19.9 Å². The Hall–Kier alpha value is -8.35. The van der Waals surface area contributed by atoms with Crippen molar-refractivity contribution in [2.45, 2.75) is 67.8 Å². The van der Waals surface area contributed by atoms with Crippen LogP contribution < -0.4 is 25.8 Å². The Labute approximate surface area is 459 Å². The molecule has 0 aliphatic carbocycles. The van der Waals surface area contributed by atoms with Gasteiger partial charge in [0.1, 0.15) is 0 Å². The van der Waals surface area contributed by atoms with Gasteiger partial charge in [-0.05, 0) is 80.5 Å². The van der Waals surface area contributed by atoms with Crippen molar-refractivity contribution in [3.63, 3.8) is 0 Å². The predicted octanol–water partition coefficient (Wildman–Crippen LogP) is 12.6. The van der Waals surface area contributed by atoms with E-state index in [-0.39, 0.29) is 7.43 Å². The van der Waals surface area contributed by atoms with Crippen LogP contribution in [0.5, 0.6) is 11.5 Å². The number of nitrogens with zero attached hydrogens (tertiary/aromatic N) is 9. The van der Waals surface area contributed by atoms with Gasteiger partial charge in [0.05, 0.1) is 62.8 Å². The van der Waals surface area contributed by atoms with Gasteiger partial charge in [-0.2, -0.15) is 10.5 Å². The van der Waals surface area contributed by atoms with Crippen molar-refractivity contribution < 1.29 is 9.47 Å². The van der Waals surface area contributed by atoms with E-state index in [1.54, 1.807) is 94.8 Å². The summed E-state index contributed by atoms with van der Waals surface area (Å²) in [6.45, 7) is 12.7. The molecule has 0 unspecified atom stereocenters. The van der Waals surface area contributed by atoms with Crippen LogP contribution >= 0.6 is 28.1 Å². The molecule has 4 heterocycles. The number of aromatic nitrogens is 8. The number of nitrogens with one attached hydrogen (secondary N) is 3. The molecule has 0 atom stereocenters. The van der Waals surface area contributed by atoms with E-state index in [2.05, 4.69) is 72.3 Å². The molecule has 5 N–H and O–H groups in total. The number of nitriles is 2. The predicted molar refractivity (Wildman–Crippen MR) is 314 cm³/mol. The van der Waals surface area contributed by atoms with E-state index in [0.717, 1.165) is 30.7 Å². The van der Waals surface area contributed by atoms with Crippen molar-refractivity contribution in [2.24, 2.45) is 5.73 Å². The van der Waals surface area contributed by atoms with Gasteiger partial charge in [0.15, 0.2) is 16.6 Å². The molecular weight excluding hydrogens is 1020 g/mol. The summed E-state index contributed by atoms with van der Waals surface area (Å²) >= 11 is 8.43. The van der Waals surface area contributed by atoms with E-state index < -0.39 is 0 Å². The molecule has 0 saturated heterocycles. The number of nitrogens with two attached hydrogens (primary N) is 1. The fourth-order valence-corrected chi connectivity index (χ4v) is 5.33. The zero-order valence-corrected chi connectivity index (χ0v) is 45.6. The van der Waals surface area contributed by atoms with Crippen LogP contribution in [0.3, 0.4) is 0 Å². The molecule has 15 nitrogen and oxygen atoms in total. The number of imidazole rings is 4. The standard InChI is InChI=1S/C16H18N2O2S.C7H9N.2C7H5N.3C5H8N2.C3H4N2.C2H5Br.CH4/c1-19-14-9-8-13(10-15(14)20-2)18-16(21)17-11-12-6-4-3-5-7-12;3*8-6-7-4-2-1-3-5-7;3*1-2-7-4-3-6-5-7;1-2-5-3-4-1;1-2-3;/h3-10H,11H2,1-2H3,(H2,17,18,21);1-5H,6,8H2;2*1-5H;3*3-5H,2H2,1H3;1-3H,(H,4,5);2H2,1H3;1H4. The molecule has 0 fully saturated rings. The fourth-order valence-electron chi connectivity index (χ4n) is 5.14. The summed E-state index contributed by atoms with van der Waals surface area (Å²) in [5.41, 5.74) is 9.99. The smallest absolute Gasteiger partial charge is 0.171 e. The summed E-state index contributed by atoms with van der Waals surface area (Å²) in [5, 5.41) is 24.5. The summed E-state index contributed by atoms with van der Waals surface area (Å²) in [6, 6.07) is 48.0. The van der Waals surface area contributed by atoms with Crippen LogP contribution in [0.25, 0.3) is 0 Å². The summed E-state index contributed by atoms with van der Waals surface area (Å²) < 4.78 is 16.5. The van der Waals surface area contributed by atoms with Crippen molar-refractivity contribution in [3.8, 4) is 23.6 Å². The molecule has 0 aliphatic rings. The fraction of sp³-hybridized carbons (Fsp3) is 0.224. The third kappa shape index (κ3) is 34.6. The maximum atomic E-state index is 8.29. The number of H-pyrrole nitrogens is 1. The van der Waals surface area contributed by atoms with Crippen molar-refractivity contribution in [3.05, 3.63) is 237 Å². The molecule has 9 aromatic rings. The molecule has 0 spiro atoms. The number of hydrogen-bond donors (Lipinski definition) is 4. The second-order valence-corrected chi connectivity index (χ2v) is 15.7. The van der Waals surface area contributed by atoms with Gasteiger partial charge in [-0.3, -0.25) is 0 Å². The van der Waals surface area contributed by atoms with Gasteiger partial charge in [0, 0.05) is 99.4 Å². The van der Waals surface area contributed by atoms with E-state index in [4.69, 9.17) is 37.9 Å². The van der Waals surface area contributed by atoms with Gasteiger partial charge in [-0.1, -0.05) is 127 Å². The van der Waals surface area contributed by atoms with Gasteiger partial charge >= 0.3 is 0 Å². The van der Waals surface area contributed by atoms with Crippen LogP contribution in [0.15, 0.2) is 214 Å². The van der Waals surface area contributed by atoms with Gasteiger partial charge in [0.2, 0.25) is 0 Å². The molecule has 0 saturated carbocycles. The first-order chi connectivity index (χ1) is 36.2. The van der Waals surface area contributed by atoms with Crippen molar-refractivity contribution in [1.29, 1.82) is 10.5 Å². The third-order valence-corrected chi connectivity index (χ3v) is 9.25. The first-order valence-electron chi connectivity index (χ1n) is 23.5. The maximum absolute atomic E-state index is 8.29. The number of methoxy groups -OCH3 is 2. The largest absolute Gasteiger partial charge is 0.493 e. The average Bonchev–Trinajstić information content (AvgIpc) is 4.35. The van der Waals surface area contributed by atoms with Crippen molar-refractivity contribution >= 4 is 38.9 Å². The monoisotopic (exact) mass is 1100 g/mol. The molecule has 0 radical (unpaired) electrons. The lowest BCUT2D eigenvalue weighted by Gasteiger charge is -2.13. The van der Waals surface area contributed by atoms with Crippen molar-refractivity contribution in [1.82, 2.24) is 43.9 Å². The van der Waals surface area contributed by atoms with Crippen LogP contribution in [0.1, 0.15) is 57.4 Å². The molecule has 5 aromatic carbocycles. The number of benzene rings is 5. The molecule has 75 heavy (non-hydrogen) atoms. The highest BCUT2D eigenvalue weighted by atomic mass is 79.9. The number of aromatic amines is 1.